The molecule has 2 heterocycles. The van der Waals surface area contributed by atoms with E-state index in [9.17, 15) is 9.50 Å². The van der Waals surface area contributed by atoms with Gasteiger partial charge in [0.2, 0.25) is 5.89 Å². The molecule has 1 aromatic carbocycles. The fourth-order valence-electron chi connectivity index (χ4n) is 2.92. The second-order valence-electron chi connectivity index (χ2n) is 6.07. The summed E-state index contributed by atoms with van der Waals surface area (Å²) in [6, 6.07) is 6.39. The molecule has 1 unspecified atom stereocenters. The number of piperazine rings is 1. The van der Waals surface area contributed by atoms with Crippen molar-refractivity contribution in [3.05, 3.63) is 47.4 Å². The van der Waals surface area contributed by atoms with Crippen molar-refractivity contribution in [3.8, 4) is 0 Å². The standard InChI is InChI=1S/C17H23FN4O2/c1-2-17-19-16(20-24-17)12-22-9-7-21(8-10-22)11-15(23)13-5-3-4-6-14(13)18/h3-6,15,23H,2,7-12H2,1H3. The monoisotopic (exact) mass is 334 g/mol. The van der Waals surface area contributed by atoms with Gasteiger partial charge < -0.3 is 9.63 Å². The number of aromatic nitrogens is 2. The summed E-state index contributed by atoms with van der Waals surface area (Å²) in [6.07, 6.45) is -0.0589. The highest BCUT2D eigenvalue weighted by atomic mass is 19.1. The Morgan fingerprint density at radius 2 is 1.92 bits per heavy atom. The SMILES string of the molecule is CCc1nc(CN2CCN(CC(O)c3ccccc3F)CC2)no1. The Morgan fingerprint density at radius 1 is 1.21 bits per heavy atom. The lowest BCUT2D eigenvalue weighted by Crippen LogP contribution is -2.47. The van der Waals surface area contributed by atoms with Gasteiger partial charge in [0.1, 0.15) is 5.82 Å². The van der Waals surface area contributed by atoms with Crippen molar-refractivity contribution in [2.24, 2.45) is 0 Å². The second kappa shape index (κ2) is 7.83. The first-order chi connectivity index (χ1) is 11.7. The predicted molar refractivity (Wildman–Crippen MR) is 86.8 cm³/mol. The second-order valence-corrected chi connectivity index (χ2v) is 6.07. The number of benzene rings is 1. The lowest BCUT2D eigenvalue weighted by atomic mass is 10.1. The Bertz CT molecular complexity index is 656. The molecular formula is C17H23FN4O2. The van der Waals surface area contributed by atoms with Crippen LogP contribution in [0.25, 0.3) is 0 Å². The number of nitrogens with zero attached hydrogens (tertiary/aromatic N) is 4. The molecule has 130 valence electrons. The van der Waals surface area contributed by atoms with Crippen molar-refractivity contribution in [1.29, 1.82) is 0 Å². The van der Waals surface area contributed by atoms with Crippen molar-refractivity contribution >= 4 is 0 Å². The van der Waals surface area contributed by atoms with E-state index < -0.39 is 6.10 Å². The summed E-state index contributed by atoms with van der Waals surface area (Å²) in [5, 5.41) is 14.2. The van der Waals surface area contributed by atoms with E-state index in [1.165, 1.54) is 6.07 Å². The summed E-state index contributed by atoms with van der Waals surface area (Å²) in [7, 11) is 0. The Balaban J connectivity index is 1.47. The summed E-state index contributed by atoms with van der Waals surface area (Å²) in [6.45, 7) is 6.47. The summed E-state index contributed by atoms with van der Waals surface area (Å²) >= 11 is 0. The van der Waals surface area contributed by atoms with Crippen LogP contribution in [0.4, 0.5) is 4.39 Å². The van der Waals surface area contributed by atoms with E-state index in [0.29, 0.717) is 30.4 Å². The van der Waals surface area contributed by atoms with E-state index in [4.69, 9.17) is 4.52 Å². The quantitative estimate of drug-likeness (QED) is 0.866. The molecule has 1 atom stereocenters. The van der Waals surface area contributed by atoms with E-state index in [2.05, 4.69) is 19.9 Å². The van der Waals surface area contributed by atoms with Gasteiger partial charge in [-0.3, -0.25) is 9.80 Å². The highest BCUT2D eigenvalue weighted by molar-refractivity contribution is 5.20. The molecule has 1 aromatic heterocycles. The molecule has 0 spiro atoms. The van der Waals surface area contributed by atoms with Crippen LogP contribution in [-0.2, 0) is 13.0 Å². The molecule has 1 saturated heterocycles. The lowest BCUT2D eigenvalue weighted by Gasteiger charge is -2.35. The van der Waals surface area contributed by atoms with Gasteiger partial charge in [-0.15, -0.1) is 0 Å². The van der Waals surface area contributed by atoms with E-state index in [1.54, 1.807) is 18.2 Å². The van der Waals surface area contributed by atoms with Crippen LogP contribution in [0.3, 0.4) is 0 Å². The number of aliphatic hydroxyl groups excluding tert-OH is 1. The van der Waals surface area contributed by atoms with E-state index in [1.807, 2.05) is 6.92 Å². The summed E-state index contributed by atoms with van der Waals surface area (Å²) < 4.78 is 18.8. The molecule has 1 fully saturated rings. The molecule has 0 radical (unpaired) electrons. The number of β-amino-alcohol motifs (C(OH)–C–C–N with tert-alkyl or cyclic N) is 1. The van der Waals surface area contributed by atoms with Crippen LogP contribution >= 0.6 is 0 Å². The van der Waals surface area contributed by atoms with Crippen LogP contribution in [0.5, 0.6) is 0 Å². The molecule has 0 bridgehead atoms. The van der Waals surface area contributed by atoms with Crippen molar-refractivity contribution < 1.29 is 14.0 Å². The fourth-order valence-corrected chi connectivity index (χ4v) is 2.92. The molecule has 0 saturated carbocycles. The van der Waals surface area contributed by atoms with Crippen molar-refractivity contribution in [1.82, 2.24) is 19.9 Å². The average Bonchev–Trinajstić information content (AvgIpc) is 3.04. The summed E-state index contributed by atoms with van der Waals surface area (Å²) in [5.41, 5.74) is 0.360. The van der Waals surface area contributed by atoms with Gasteiger partial charge in [-0.1, -0.05) is 30.3 Å². The minimum atomic E-state index is -0.804. The van der Waals surface area contributed by atoms with Gasteiger partial charge in [0.15, 0.2) is 5.82 Å². The zero-order valence-electron chi connectivity index (χ0n) is 13.9. The van der Waals surface area contributed by atoms with Crippen LogP contribution in [0.15, 0.2) is 28.8 Å². The number of aliphatic hydroxyl groups is 1. The number of hydrogen-bond donors (Lipinski definition) is 1. The first-order valence-electron chi connectivity index (χ1n) is 8.34. The molecule has 0 amide bonds. The maximum Gasteiger partial charge on any atom is 0.226 e. The van der Waals surface area contributed by atoms with Gasteiger partial charge in [-0.2, -0.15) is 4.98 Å². The molecule has 1 aliphatic rings. The Labute approximate surface area is 140 Å². The number of rotatable bonds is 6. The van der Waals surface area contributed by atoms with E-state index in [-0.39, 0.29) is 5.82 Å². The normalized spacial score (nSPS) is 18.0. The molecule has 24 heavy (non-hydrogen) atoms. The molecule has 7 heteroatoms. The Morgan fingerprint density at radius 3 is 2.58 bits per heavy atom. The van der Waals surface area contributed by atoms with Gasteiger partial charge in [-0.25, -0.2) is 4.39 Å². The predicted octanol–water partition coefficient (Wildman–Crippen LogP) is 1.62. The Kier molecular flexibility index (Phi) is 5.55. The van der Waals surface area contributed by atoms with Crippen molar-refractivity contribution in [3.63, 3.8) is 0 Å². The molecule has 6 nitrogen and oxygen atoms in total. The third-order valence-corrected chi connectivity index (χ3v) is 4.34. The zero-order valence-corrected chi connectivity index (χ0v) is 13.9. The first kappa shape index (κ1) is 17.0. The zero-order chi connectivity index (χ0) is 16.9. The van der Waals surface area contributed by atoms with Crippen LogP contribution in [0, 0.1) is 5.82 Å². The van der Waals surface area contributed by atoms with Crippen LogP contribution in [0.1, 0.15) is 30.3 Å². The minimum Gasteiger partial charge on any atom is -0.387 e. The molecular weight excluding hydrogens is 311 g/mol. The minimum absolute atomic E-state index is 0.354. The maximum absolute atomic E-state index is 13.7. The third-order valence-electron chi connectivity index (χ3n) is 4.34. The van der Waals surface area contributed by atoms with Crippen molar-refractivity contribution in [2.45, 2.75) is 26.0 Å². The summed E-state index contributed by atoms with van der Waals surface area (Å²) in [4.78, 5) is 8.74. The largest absolute Gasteiger partial charge is 0.387 e. The maximum atomic E-state index is 13.7. The van der Waals surface area contributed by atoms with Gasteiger partial charge in [-0.05, 0) is 6.07 Å². The highest BCUT2D eigenvalue weighted by Crippen LogP contribution is 2.18. The summed E-state index contributed by atoms with van der Waals surface area (Å²) in [5.74, 6) is 1.02. The van der Waals surface area contributed by atoms with Crippen LogP contribution < -0.4 is 0 Å². The topological polar surface area (TPSA) is 65.6 Å². The number of aryl methyl sites for hydroxylation is 1. The van der Waals surface area contributed by atoms with E-state index in [0.717, 1.165) is 32.6 Å². The van der Waals surface area contributed by atoms with Crippen molar-refractivity contribution in [2.75, 3.05) is 32.7 Å². The third kappa shape index (κ3) is 4.17. The van der Waals surface area contributed by atoms with Gasteiger partial charge in [0, 0.05) is 44.7 Å². The molecule has 0 aliphatic carbocycles. The van der Waals surface area contributed by atoms with E-state index >= 15 is 0 Å². The van der Waals surface area contributed by atoms with Crippen LogP contribution in [-0.4, -0.2) is 57.8 Å². The highest BCUT2D eigenvalue weighted by Gasteiger charge is 2.22. The number of halogens is 1. The smallest absolute Gasteiger partial charge is 0.226 e. The van der Waals surface area contributed by atoms with Gasteiger partial charge in [0.05, 0.1) is 12.6 Å². The molecule has 3 rings (SSSR count). The van der Waals surface area contributed by atoms with Crippen LogP contribution in [0.2, 0.25) is 0 Å². The molecule has 2 aromatic rings. The van der Waals surface area contributed by atoms with Gasteiger partial charge in [0.25, 0.3) is 0 Å². The first-order valence-corrected chi connectivity index (χ1v) is 8.34. The lowest BCUT2D eigenvalue weighted by molar-refractivity contribution is 0.0674. The molecule has 1 N–H and O–H groups in total. The average molecular weight is 334 g/mol. The van der Waals surface area contributed by atoms with Gasteiger partial charge >= 0.3 is 0 Å². The fraction of sp³-hybridized carbons (Fsp3) is 0.529. The number of hydrogen-bond acceptors (Lipinski definition) is 6. The molecule has 1 aliphatic heterocycles. The Hall–Kier alpha value is -1.83.